The first-order valence-corrected chi connectivity index (χ1v) is 10.6. The van der Waals surface area contributed by atoms with Crippen LogP contribution in [-0.4, -0.2) is 59.2 Å². The maximum Gasteiger partial charge on any atom is 0.410 e. The highest BCUT2D eigenvalue weighted by Crippen LogP contribution is 2.31. The fraction of sp³-hybridized carbons (Fsp3) is 0.652. The SMILES string of the molecule is Cc1ccc(C)c(OCC(=O)N2CCC[C@H]2[C@@H]2CCCN2C(=O)OC(C)(C)C)c1. The van der Waals surface area contributed by atoms with Crippen LogP contribution in [0.5, 0.6) is 5.75 Å². The molecule has 3 rings (SSSR count). The van der Waals surface area contributed by atoms with Crippen molar-refractivity contribution >= 4 is 12.0 Å². The average molecular weight is 403 g/mol. The van der Waals surface area contributed by atoms with E-state index in [0.717, 1.165) is 49.1 Å². The zero-order chi connectivity index (χ0) is 21.2. The number of hydrogen-bond donors (Lipinski definition) is 0. The van der Waals surface area contributed by atoms with E-state index >= 15 is 0 Å². The molecule has 0 bridgehead atoms. The van der Waals surface area contributed by atoms with Gasteiger partial charge < -0.3 is 19.3 Å². The number of carbonyl (C=O) groups is 2. The van der Waals surface area contributed by atoms with E-state index in [9.17, 15) is 9.59 Å². The Bertz CT molecular complexity index is 756. The van der Waals surface area contributed by atoms with Crippen molar-refractivity contribution in [3.8, 4) is 5.75 Å². The van der Waals surface area contributed by atoms with E-state index in [1.54, 1.807) is 0 Å². The van der Waals surface area contributed by atoms with Gasteiger partial charge in [-0.3, -0.25) is 4.79 Å². The van der Waals surface area contributed by atoms with Gasteiger partial charge >= 0.3 is 6.09 Å². The van der Waals surface area contributed by atoms with Gasteiger partial charge in [-0.1, -0.05) is 12.1 Å². The van der Waals surface area contributed by atoms with E-state index in [1.807, 2.05) is 62.6 Å². The molecule has 6 heteroatoms. The summed E-state index contributed by atoms with van der Waals surface area (Å²) < 4.78 is 11.4. The van der Waals surface area contributed by atoms with Gasteiger partial charge in [0, 0.05) is 13.1 Å². The molecule has 2 saturated heterocycles. The number of benzene rings is 1. The quantitative estimate of drug-likeness (QED) is 0.762. The predicted molar refractivity (Wildman–Crippen MR) is 112 cm³/mol. The second-order valence-corrected chi connectivity index (χ2v) is 9.24. The molecule has 2 aliphatic heterocycles. The molecule has 0 radical (unpaired) electrons. The number of carbonyl (C=O) groups excluding carboxylic acids is 2. The molecule has 0 aromatic heterocycles. The lowest BCUT2D eigenvalue weighted by Crippen LogP contribution is -2.51. The molecule has 2 heterocycles. The van der Waals surface area contributed by atoms with Crippen LogP contribution in [0.1, 0.15) is 57.6 Å². The lowest BCUT2D eigenvalue weighted by atomic mass is 10.0. The van der Waals surface area contributed by atoms with Crippen molar-refractivity contribution in [3.63, 3.8) is 0 Å². The minimum absolute atomic E-state index is 0.00977. The fourth-order valence-corrected chi connectivity index (χ4v) is 4.33. The molecule has 0 spiro atoms. The molecule has 0 saturated carbocycles. The molecule has 29 heavy (non-hydrogen) atoms. The van der Waals surface area contributed by atoms with Gasteiger partial charge in [0.1, 0.15) is 11.4 Å². The molecule has 6 nitrogen and oxygen atoms in total. The van der Waals surface area contributed by atoms with Crippen molar-refractivity contribution in [2.75, 3.05) is 19.7 Å². The van der Waals surface area contributed by atoms with Gasteiger partial charge in [-0.2, -0.15) is 0 Å². The van der Waals surface area contributed by atoms with Crippen LogP contribution in [0, 0.1) is 13.8 Å². The Morgan fingerprint density at radius 2 is 1.66 bits per heavy atom. The zero-order valence-electron chi connectivity index (χ0n) is 18.4. The topological polar surface area (TPSA) is 59.1 Å². The number of amides is 2. The van der Waals surface area contributed by atoms with Crippen LogP contribution in [-0.2, 0) is 9.53 Å². The molecular formula is C23H34N2O4. The second-order valence-electron chi connectivity index (χ2n) is 9.24. The zero-order valence-corrected chi connectivity index (χ0v) is 18.4. The molecule has 1 aromatic rings. The van der Waals surface area contributed by atoms with Gasteiger partial charge in [-0.15, -0.1) is 0 Å². The number of hydrogen-bond acceptors (Lipinski definition) is 4. The lowest BCUT2D eigenvalue weighted by Gasteiger charge is -2.35. The summed E-state index contributed by atoms with van der Waals surface area (Å²) in [7, 11) is 0. The van der Waals surface area contributed by atoms with Crippen LogP contribution in [0.15, 0.2) is 18.2 Å². The van der Waals surface area contributed by atoms with Gasteiger partial charge in [0.15, 0.2) is 6.61 Å². The Labute approximate surface area is 174 Å². The summed E-state index contributed by atoms with van der Waals surface area (Å²) in [5, 5.41) is 0. The van der Waals surface area contributed by atoms with E-state index in [4.69, 9.17) is 9.47 Å². The molecule has 2 fully saturated rings. The molecule has 2 atom stereocenters. The van der Waals surface area contributed by atoms with Crippen molar-refractivity contribution < 1.29 is 19.1 Å². The minimum atomic E-state index is -0.519. The summed E-state index contributed by atoms with van der Waals surface area (Å²) in [5.74, 6) is 0.745. The average Bonchev–Trinajstić information content (AvgIpc) is 3.29. The second kappa shape index (κ2) is 8.64. The van der Waals surface area contributed by atoms with Crippen LogP contribution in [0.4, 0.5) is 4.79 Å². The number of rotatable bonds is 4. The monoisotopic (exact) mass is 402 g/mol. The van der Waals surface area contributed by atoms with Crippen LogP contribution >= 0.6 is 0 Å². The first-order valence-electron chi connectivity index (χ1n) is 10.6. The Morgan fingerprint density at radius 3 is 2.31 bits per heavy atom. The van der Waals surface area contributed by atoms with Crippen molar-refractivity contribution in [1.29, 1.82) is 0 Å². The van der Waals surface area contributed by atoms with E-state index < -0.39 is 5.60 Å². The molecule has 2 amide bonds. The molecule has 2 aliphatic rings. The Morgan fingerprint density at radius 1 is 1.03 bits per heavy atom. The highest BCUT2D eigenvalue weighted by molar-refractivity contribution is 5.79. The highest BCUT2D eigenvalue weighted by Gasteiger charge is 2.42. The maximum atomic E-state index is 13.0. The normalized spacial score (nSPS) is 22.1. The largest absolute Gasteiger partial charge is 0.483 e. The summed E-state index contributed by atoms with van der Waals surface area (Å²) in [5.41, 5.74) is 1.61. The third kappa shape index (κ3) is 5.22. The Hall–Kier alpha value is -2.24. The van der Waals surface area contributed by atoms with Gasteiger partial charge in [0.05, 0.1) is 12.1 Å². The first kappa shape index (κ1) is 21.5. The molecule has 0 aliphatic carbocycles. The number of nitrogens with zero attached hydrogens (tertiary/aromatic N) is 2. The first-order chi connectivity index (χ1) is 13.7. The number of ether oxygens (including phenoxy) is 2. The van der Waals surface area contributed by atoms with Crippen LogP contribution in [0.2, 0.25) is 0 Å². The van der Waals surface area contributed by atoms with Crippen LogP contribution in [0.3, 0.4) is 0 Å². The lowest BCUT2D eigenvalue weighted by molar-refractivity contribution is -0.135. The van der Waals surface area contributed by atoms with Crippen LogP contribution in [0.25, 0.3) is 0 Å². The van der Waals surface area contributed by atoms with Gasteiger partial charge in [0.25, 0.3) is 5.91 Å². The molecule has 0 N–H and O–H groups in total. The maximum absolute atomic E-state index is 13.0. The summed E-state index contributed by atoms with van der Waals surface area (Å²) in [6.45, 7) is 11.1. The number of aryl methyl sites for hydroxylation is 2. The standard InChI is InChI=1S/C23H34N2O4/c1-16-10-11-17(2)20(14-16)28-15-21(26)24-12-6-8-18(24)19-9-7-13-25(19)22(27)29-23(3,4)5/h10-11,14,18-19H,6-9,12-13,15H2,1-5H3/t18-,19-/m0/s1. The van der Waals surface area contributed by atoms with Crippen LogP contribution < -0.4 is 4.74 Å². The van der Waals surface area contributed by atoms with Gasteiger partial charge in [-0.05, 0) is 77.5 Å². The molecular weight excluding hydrogens is 368 g/mol. The summed E-state index contributed by atoms with van der Waals surface area (Å²) in [6, 6.07) is 6.07. The van der Waals surface area contributed by atoms with E-state index in [-0.39, 0.29) is 30.7 Å². The van der Waals surface area contributed by atoms with E-state index in [1.165, 1.54) is 0 Å². The fourth-order valence-electron chi connectivity index (χ4n) is 4.33. The van der Waals surface area contributed by atoms with Gasteiger partial charge in [0.2, 0.25) is 0 Å². The molecule has 1 aromatic carbocycles. The Balaban J connectivity index is 1.64. The number of likely N-dealkylation sites (tertiary alicyclic amines) is 2. The van der Waals surface area contributed by atoms with E-state index in [0.29, 0.717) is 6.54 Å². The predicted octanol–water partition coefficient (Wildman–Crippen LogP) is 4.07. The Kier molecular flexibility index (Phi) is 6.39. The third-order valence-electron chi connectivity index (χ3n) is 5.69. The third-order valence-corrected chi connectivity index (χ3v) is 5.69. The summed E-state index contributed by atoms with van der Waals surface area (Å²) in [4.78, 5) is 29.4. The summed E-state index contributed by atoms with van der Waals surface area (Å²) in [6.07, 6.45) is 3.45. The van der Waals surface area contributed by atoms with Crippen molar-refractivity contribution in [1.82, 2.24) is 9.80 Å². The highest BCUT2D eigenvalue weighted by atomic mass is 16.6. The van der Waals surface area contributed by atoms with Crippen molar-refractivity contribution in [2.24, 2.45) is 0 Å². The smallest absolute Gasteiger partial charge is 0.410 e. The van der Waals surface area contributed by atoms with E-state index in [2.05, 4.69) is 0 Å². The van der Waals surface area contributed by atoms with Crippen molar-refractivity contribution in [2.45, 2.75) is 78.0 Å². The minimum Gasteiger partial charge on any atom is -0.483 e. The summed E-state index contributed by atoms with van der Waals surface area (Å²) >= 11 is 0. The van der Waals surface area contributed by atoms with Gasteiger partial charge in [-0.25, -0.2) is 4.79 Å². The molecule has 0 unspecified atom stereocenters. The van der Waals surface area contributed by atoms with Crippen molar-refractivity contribution in [3.05, 3.63) is 29.3 Å². The molecule has 160 valence electrons.